The van der Waals surface area contributed by atoms with Crippen molar-refractivity contribution in [1.29, 1.82) is 0 Å². The summed E-state index contributed by atoms with van der Waals surface area (Å²) in [6.45, 7) is 0. The van der Waals surface area contributed by atoms with Crippen molar-refractivity contribution in [2.75, 3.05) is 0 Å². The van der Waals surface area contributed by atoms with Crippen LogP contribution in [0, 0.1) is 0 Å². The van der Waals surface area contributed by atoms with Crippen molar-refractivity contribution in [3.63, 3.8) is 0 Å². The lowest BCUT2D eigenvalue weighted by Crippen LogP contribution is -2.45. The Morgan fingerprint density at radius 1 is 1.15 bits per heavy atom. The zero-order chi connectivity index (χ0) is 14.8. The average Bonchev–Trinajstić information content (AvgIpc) is 2.40. The van der Waals surface area contributed by atoms with E-state index in [9.17, 15) is 23.1 Å². The fourth-order valence-electron chi connectivity index (χ4n) is 2.34. The van der Waals surface area contributed by atoms with E-state index < -0.39 is 23.8 Å². The summed E-state index contributed by atoms with van der Waals surface area (Å²) in [6, 6.07) is 3.73. The molecule has 1 saturated carbocycles. The van der Waals surface area contributed by atoms with Gasteiger partial charge in [-0.15, -0.1) is 0 Å². The molecule has 110 valence electrons. The quantitative estimate of drug-likeness (QED) is 0.878. The van der Waals surface area contributed by atoms with E-state index in [1.807, 2.05) is 0 Å². The van der Waals surface area contributed by atoms with Gasteiger partial charge in [0, 0.05) is 5.56 Å². The van der Waals surface area contributed by atoms with Crippen LogP contribution < -0.4 is 5.32 Å². The van der Waals surface area contributed by atoms with Gasteiger partial charge in [0.15, 0.2) is 0 Å². The van der Waals surface area contributed by atoms with Gasteiger partial charge in [-0.3, -0.25) is 4.79 Å². The van der Waals surface area contributed by atoms with Gasteiger partial charge >= 0.3 is 6.18 Å². The Kier molecular flexibility index (Phi) is 4.32. The molecule has 2 unspecified atom stereocenters. The summed E-state index contributed by atoms with van der Waals surface area (Å²) in [7, 11) is 0. The van der Waals surface area contributed by atoms with Crippen LogP contribution in [0.4, 0.5) is 13.2 Å². The summed E-state index contributed by atoms with van der Waals surface area (Å²) in [6.07, 6.45) is -1.81. The van der Waals surface area contributed by atoms with Crippen molar-refractivity contribution >= 4 is 5.91 Å². The first kappa shape index (κ1) is 14.8. The Morgan fingerprint density at radius 2 is 1.75 bits per heavy atom. The molecule has 0 spiro atoms. The number of amides is 1. The molecule has 1 aromatic carbocycles. The predicted octanol–water partition coefficient (Wildman–Crippen LogP) is 2.74. The topological polar surface area (TPSA) is 49.3 Å². The number of aliphatic hydroxyl groups excluding tert-OH is 1. The number of benzene rings is 1. The van der Waals surface area contributed by atoms with E-state index in [0.29, 0.717) is 12.8 Å². The minimum Gasteiger partial charge on any atom is -0.391 e. The van der Waals surface area contributed by atoms with Crippen LogP contribution in [0.1, 0.15) is 41.6 Å². The molecule has 2 atom stereocenters. The van der Waals surface area contributed by atoms with E-state index in [1.165, 1.54) is 0 Å². The van der Waals surface area contributed by atoms with Gasteiger partial charge in [0.05, 0.1) is 17.7 Å². The van der Waals surface area contributed by atoms with Crippen LogP contribution in [0.3, 0.4) is 0 Å². The van der Waals surface area contributed by atoms with Gasteiger partial charge in [-0.05, 0) is 37.1 Å². The molecule has 0 heterocycles. The molecular weight excluding hydrogens is 271 g/mol. The number of carbonyl (C=O) groups excluding carboxylic acids is 1. The highest BCUT2D eigenvalue weighted by Crippen LogP contribution is 2.29. The minimum absolute atomic E-state index is 0.163. The van der Waals surface area contributed by atoms with Gasteiger partial charge in [0.25, 0.3) is 5.91 Å². The summed E-state index contributed by atoms with van der Waals surface area (Å²) >= 11 is 0. The molecule has 0 aromatic heterocycles. The zero-order valence-corrected chi connectivity index (χ0v) is 10.8. The smallest absolute Gasteiger partial charge is 0.391 e. The molecule has 6 heteroatoms. The van der Waals surface area contributed by atoms with E-state index in [2.05, 4.69) is 5.32 Å². The number of alkyl halides is 3. The molecule has 1 amide bonds. The molecular formula is C14H16F3NO2. The Bertz CT molecular complexity index is 470. The molecule has 3 nitrogen and oxygen atoms in total. The van der Waals surface area contributed by atoms with Crippen LogP contribution in [0.25, 0.3) is 0 Å². The van der Waals surface area contributed by atoms with Crippen molar-refractivity contribution in [2.45, 2.75) is 44.0 Å². The first-order chi connectivity index (χ1) is 9.38. The molecule has 20 heavy (non-hydrogen) atoms. The molecule has 1 aliphatic carbocycles. The minimum atomic E-state index is -4.41. The summed E-state index contributed by atoms with van der Waals surface area (Å²) in [5.41, 5.74) is -0.623. The highest BCUT2D eigenvalue weighted by atomic mass is 19.4. The van der Waals surface area contributed by atoms with Crippen LogP contribution in [0.2, 0.25) is 0 Å². The molecule has 0 radical (unpaired) electrons. The van der Waals surface area contributed by atoms with Crippen molar-refractivity contribution in [1.82, 2.24) is 5.32 Å². The molecule has 1 fully saturated rings. The van der Waals surface area contributed by atoms with Crippen molar-refractivity contribution in [3.05, 3.63) is 35.4 Å². The first-order valence-corrected chi connectivity index (χ1v) is 6.54. The van der Waals surface area contributed by atoms with E-state index in [-0.39, 0.29) is 11.6 Å². The second-order valence-electron chi connectivity index (χ2n) is 5.01. The second kappa shape index (κ2) is 5.83. The van der Waals surface area contributed by atoms with Gasteiger partial charge in [-0.2, -0.15) is 13.2 Å². The Hall–Kier alpha value is -1.56. The van der Waals surface area contributed by atoms with Crippen molar-refractivity contribution < 1.29 is 23.1 Å². The van der Waals surface area contributed by atoms with E-state index >= 15 is 0 Å². The summed E-state index contributed by atoms with van der Waals surface area (Å²) in [5, 5.41) is 12.4. The normalized spacial score (nSPS) is 23.4. The van der Waals surface area contributed by atoms with Crippen LogP contribution >= 0.6 is 0 Å². The Balaban J connectivity index is 2.02. The fourth-order valence-corrected chi connectivity index (χ4v) is 2.34. The van der Waals surface area contributed by atoms with Gasteiger partial charge < -0.3 is 10.4 Å². The SMILES string of the molecule is O=C(NC1CCCCC1O)c1ccc(C(F)(F)F)cc1. The third-order valence-corrected chi connectivity index (χ3v) is 3.52. The second-order valence-corrected chi connectivity index (χ2v) is 5.01. The van der Waals surface area contributed by atoms with Gasteiger partial charge in [0.2, 0.25) is 0 Å². The number of aliphatic hydroxyl groups is 1. The number of halogens is 3. The molecule has 1 aliphatic rings. The lowest BCUT2D eigenvalue weighted by atomic mass is 9.92. The van der Waals surface area contributed by atoms with E-state index in [0.717, 1.165) is 37.1 Å². The predicted molar refractivity (Wildman–Crippen MR) is 67.2 cm³/mol. The molecule has 2 rings (SSSR count). The maximum absolute atomic E-state index is 12.4. The van der Waals surface area contributed by atoms with Gasteiger partial charge in [-0.25, -0.2) is 0 Å². The molecule has 0 aliphatic heterocycles. The summed E-state index contributed by atoms with van der Waals surface area (Å²) in [5.74, 6) is -0.454. The maximum atomic E-state index is 12.4. The van der Waals surface area contributed by atoms with Crippen LogP contribution in [-0.4, -0.2) is 23.2 Å². The standard InChI is InChI=1S/C14H16F3NO2/c15-14(16,17)10-7-5-9(6-8-10)13(20)18-11-3-1-2-4-12(11)19/h5-8,11-12,19H,1-4H2,(H,18,20). The highest BCUT2D eigenvalue weighted by molar-refractivity contribution is 5.94. The highest BCUT2D eigenvalue weighted by Gasteiger charge is 2.30. The van der Waals surface area contributed by atoms with Gasteiger partial charge in [0.1, 0.15) is 0 Å². The molecule has 1 aromatic rings. The Labute approximate surface area is 114 Å². The van der Waals surface area contributed by atoms with Crippen LogP contribution in [0.5, 0.6) is 0 Å². The van der Waals surface area contributed by atoms with Crippen LogP contribution in [-0.2, 0) is 6.18 Å². The van der Waals surface area contributed by atoms with Gasteiger partial charge in [-0.1, -0.05) is 12.8 Å². The first-order valence-electron chi connectivity index (χ1n) is 6.54. The number of carbonyl (C=O) groups is 1. The van der Waals surface area contributed by atoms with E-state index in [4.69, 9.17) is 0 Å². The third-order valence-electron chi connectivity index (χ3n) is 3.52. The van der Waals surface area contributed by atoms with Crippen molar-refractivity contribution in [3.8, 4) is 0 Å². The molecule has 2 N–H and O–H groups in total. The average molecular weight is 287 g/mol. The third kappa shape index (κ3) is 3.50. The monoisotopic (exact) mass is 287 g/mol. The summed E-state index contributed by atoms with van der Waals surface area (Å²) in [4.78, 5) is 11.9. The number of hydrogen-bond donors (Lipinski definition) is 2. The van der Waals surface area contributed by atoms with Crippen LogP contribution in [0.15, 0.2) is 24.3 Å². The number of hydrogen-bond acceptors (Lipinski definition) is 2. The maximum Gasteiger partial charge on any atom is 0.416 e. The molecule has 0 saturated heterocycles. The van der Waals surface area contributed by atoms with Crippen molar-refractivity contribution in [2.24, 2.45) is 0 Å². The molecule has 0 bridgehead atoms. The van der Waals surface area contributed by atoms with E-state index in [1.54, 1.807) is 0 Å². The lowest BCUT2D eigenvalue weighted by Gasteiger charge is -2.28. The lowest BCUT2D eigenvalue weighted by molar-refractivity contribution is -0.137. The Morgan fingerprint density at radius 3 is 2.30 bits per heavy atom. The summed E-state index contributed by atoms with van der Waals surface area (Å²) < 4.78 is 37.2. The fraction of sp³-hybridized carbons (Fsp3) is 0.500. The number of nitrogens with one attached hydrogen (secondary N) is 1. The number of rotatable bonds is 2. The largest absolute Gasteiger partial charge is 0.416 e. The zero-order valence-electron chi connectivity index (χ0n) is 10.8.